The molecule has 3 atom stereocenters. The van der Waals surface area contributed by atoms with E-state index in [1.807, 2.05) is 11.8 Å². The molecule has 1 heterocycles. The van der Waals surface area contributed by atoms with Crippen LogP contribution in [0.3, 0.4) is 0 Å². The lowest BCUT2D eigenvalue weighted by Gasteiger charge is -2.39. The first-order chi connectivity index (χ1) is 15.3. The summed E-state index contributed by atoms with van der Waals surface area (Å²) in [6, 6.07) is 4.16. The predicted molar refractivity (Wildman–Crippen MR) is 113 cm³/mol. The number of alkyl halides is 6. The molecule has 1 aromatic rings. The van der Waals surface area contributed by atoms with Crippen molar-refractivity contribution in [2.45, 2.75) is 70.8 Å². The lowest BCUT2D eigenvalue weighted by molar-refractivity contribution is -0.140. The molecular formula is C23H33F6NO3. The zero-order valence-electron chi connectivity index (χ0n) is 18.9. The number of aliphatic hydroxyl groups is 1. The minimum Gasteiger partial charge on any atom is -0.481 e. The predicted octanol–water partition coefficient (Wildman–Crippen LogP) is 6.30. The van der Waals surface area contributed by atoms with Gasteiger partial charge in [-0.25, -0.2) is 0 Å². The van der Waals surface area contributed by atoms with Gasteiger partial charge in [-0.2, -0.15) is 26.3 Å². The maximum Gasteiger partial charge on any atom is 0.416 e. The van der Waals surface area contributed by atoms with E-state index >= 15 is 0 Å². The highest BCUT2D eigenvalue weighted by molar-refractivity contribution is 5.67. The van der Waals surface area contributed by atoms with Crippen molar-refractivity contribution < 1.29 is 41.4 Å². The molecular weight excluding hydrogens is 452 g/mol. The minimum absolute atomic E-state index is 0.0620. The number of carboxylic acid groups (broad SMARTS) is 1. The van der Waals surface area contributed by atoms with Gasteiger partial charge in [-0.05, 0) is 61.9 Å². The maximum absolute atomic E-state index is 12.7. The highest BCUT2D eigenvalue weighted by atomic mass is 19.4. The first-order valence-electron chi connectivity index (χ1n) is 11.1. The number of rotatable bonds is 8. The van der Waals surface area contributed by atoms with Crippen LogP contribution in [0.2, 0.25) is 0 Å². The minimum atomic E-state index is -4.47. The number of benzene rings is 1. The van der Waals surface area contributed by atoms with E-state index in [2.05, 4.69) is 6.92 Å². The summed E-state index contributed by atoms with van der Waals surface area (Å²) in [6.07, 6.45) is -7.82. The zero-order chi connectivity index (χ0) is 25.2. The summed E-state index contributed by atoms with van der Waals surface area (Å²) in [5.74, 6) is -0.629. The van der Waals surface area contributed by atoms with Crippen LogP contribution in [-0.4, -0.2) is 47.0 Å². The molecule has 0 saturated carbocycles. The average molecular weight is 486 g/mol. The normalized spacial score (nSPS) is 20.6. The first-order valence-corrected chi connectivity index (χ1v) is 11.1. The van der Waals surface area contributed by atoms with Crippen LogP contribution in [0, 0.1) is 11.8 Å². The molecule has 0 spiro atoms. The third-order valence-electron chi connectivity index (χ3n) is 5.82. The number of piperidine rings is 1. The Balaban J connectivity index is 0.000000801. The van der Waals surface area contributed by atoms with Crippen LogP contribution in [0.25, 0.3) is 0 Å². The fraction of sp³-hybridized carbons (Fsp3) is 0.696. The van der Waals surface area contributed by atoms with Crippen molar-refractivity contribution in [2.75, 3.05) is 19.7 Å². The summed E-state index contributed by atoms with van der Waals surface area (Å²) in [4.78, 5) is 12.8. The number of aliphatic hydroxyl groups excluding tert-OH is 1. The Kier molecular flexibility index (Phi) is 11.7. The van der Waals surface area contributed by atoms with E-state index in [1.165, 1.54) is 12.1 Å². The first kappa shape index (κ1) is 29.2. The van der Waals surface area contributed by atoms with E-state index in [0.29, 0.717) is 37.5 Å². The average Bonchev–Trinajstić information content (AvgIpc) is 2.72. The summed E-state index contributed by atoms with van der Waals surface area (Å²) < 4.78 is 75.4. The molecule has 4 nitrogen and oxygen atoms in total. The number of nitrogens with zero attached hydrogens (tertiary/aromatic N) is 1. The molecule has 1 saturated heterocycles. The Morgan fingerprint density at radius 2 is 1.76 bits per heavy atom. The molecule has 33 heavy (non-hydrogen) atoms. The van der Waals surface area contributed by atoms with Gasteiger partial charge in [-0.3, -0.25) is 9.69 Å². The number of hydrogen-bond acceptors (Lipinski definition) is 3. The number of carboxylic acids is 1. The van der Waals surface area contributed by atoms with Gasteiger partial charge in [-0.15, -0.1) is 0 Å². The Hall–Kier alpha value is -1.81. The maximum atomic E-state index is 12.7. The Labute approximate surface area is 190 Å². The van der Waals surface area contributed by atoms with Gasteiger partial charge >= 0.3 is 18.3 Å². The van der Waals surface area contributed by atoms with Gasteiger partial charge in [0.25, 0.3) is 0 Å². The van der Waals surface area contributed by atoms with Crippen LogP contribution in [-0.2, 0) is 11.0 Å². The number of hydrogen-bond donors (Lipinski definition) is 2. The van der Waals surface area contributed by atoms with Crippen molar-refractivity contribution in [3.8, 4) is 0 Å². The second kappa shape index (κ2) is 13.2. The molecule has 2 rings (SSSR count). The summed E-state index contributed by atoms with van der Waals surface area (Å²) in [5.41, 5.74) is -0.238. The van der Waals surface area contributed by atoms with E-state index in [1.54, 1.807) is 0 Å². The van der Waals surface area contributed by atoms with Crippen LogP contribution in [0.1, 0.15) is 69.5 Å². The molecule has 10 heteroatoms. The number of aliphatic carboxylic acids is 1. The molecule has 1 fully saturated rings. The summed E-state index contributed by atoms with van der Waals surface area (Å²) in [5, 5.41) is 17.3. The van der Waals surface area contributed by atoms with E-state index in [9.17, 15) is 31.1 Å². The standard InChI is InChI=1S/C18H21F6NO2.C5H12O/c19-17(20,21)7-1-8-25-9-6-12(11-16(26)27)10-15(25)13-2-4-14(5-3-13)18(22,23)24;1-3-5(2)4-6/h2-5,12,15H,1,6-11H2,(H,26,27);5-6H,3-4H2,1-2H3/t12-,15+;/m1./s1. The van der Waals surface area contributed by atoms with E-state index < -0.39 is 36.3 Å². The van der Waals surface area contributed by atoms with Crippen molar-refractivity contribution in [1.29, 1.82) is 0 Å². The molecule has 0 amide bonds. The Morgan fingerprint density at radius 3 is 2.18 bits per heavy atom. The molecule has 0 radical (unpaired) electrons. The fourth-order valence-corrected chi connectivity index (χ4v) is 3.64. The second-order valence-electron chi connectivity index (χ2n) is 8.57. The molecule has 2 N–H and O–H groups in total. The van der Waals surface area contributed by atoms with Crippen LogP contribution in [0.5, 0.6) is 0 Å². The van der Waals surface area contributed by atoms with Crippen LogP contribution in [0.15, 0.2) is 24.3 Å². The highest BCUT2D eigenvalue weighted by Crippen LogP contribution is 2.38. The zero-order valence-corrected chi connectivity index (χ0v) is 18.9. The van der Waals surface area contributed by atoms with Crippen molar-refractivity contribution in [3.63, 3.8) is 0 Å². The van der Waals surface area contributed by atoms with Crippen molar-refractivity contribution in [2.24, 2.45) is 11.8 Å². The van der Waals surface area contributed by atoms with Gasteiger partial charge in [0.1, 0.15) is 0 Å². The van der Waals surface area contributed by atoms with E-state index in [4.69, 9.17) is 10.2 Å². The number of halogens is 6. The number of carbonyl (C=O) groups is 1. The SMILES string of the molecule is CCC(C)CO.O=C(O)C[C@@H]1CCN(CCCC(F)(F)F)[C@H](c2ccc(C(F)(F)F)cc2)C1. The Bertz CT molecular complexity index is 702. The summed E-state index contributed by atoms with van der Waals surface area (Å²) >= 11 is 0. The lowest BCUT2D eigenvalue weighted by Crippen LogP contribution is -2.38. The third kappa shape index (κ3) is 11.2. The number of likely N-dealkylation sites (tertiary alicyclic amines) is 1. The van der Waals surface area contributed by atoms with Crippen molar-refractivity contribution in [3.05, 3.63) is 35.4 Å². The van der Waals surface area contributed by atoms with Gasteiger partial charge in [0, 0.05) is 25.5 Å². The second-order valence-corrected chi connectivity index (χ2v) is 8.57. The quantitative estimate of drug-likeness (QED) is 0.424. The van der Waals surface area contributed by atoms with Gasteiger partial charge in [0.05, 0.1) is 5.56 Å². The van der Waals surface area contributed by atoms with Gasteiger partial charge < -0.3 is 10.2 Å². The van der Waals surface area contributed by atoms with Gasteiger partial charge in [-0.1, -0.05) is 32.4 Å². The third-order valence-corrected chi connectivity index (χ3v) is 5.82. The molecule has 0 bridgehead atoms. The molecule has 1 unspecified atom stereocenters. The van der Waals surface area contributed by atoms with Gasteiger partial charge in [0.15, 0.2) is 0 Å². The topological polar surface area (TPSA) is 60.8 Å². The summed E-state index contributed by atoms with van der Waals surface area (Å²) in [7, 11) is 0. The van der Waals surface area contributed by atoms with Crippen LogP contribution < -0.4 is 0 Å². The van der Waals surface area contributed by atoms with E-state index in [-0.39, 0.29) is 25.3 Å². The Morgan fingerprint density at radius 1 is 1.15 bits per heavy atom. The van der Waals surface area contributed by atoms with Crippen LogP contribution in [0.4, 0.5) is 26.3 Å². The largest absolute Gasteiger partial charge is 0.481 e. The van der Waals surface area contributed by atoms with Crippen LogP contribution >= 0.6 is 0 Å². The molecule has 1 aromatic carbocycles. The molecule has 1 aliphatic heterocycles. The molecule has 1 aliphatic rings. The van der Waals surface area contributed by atoms with Gasteiger partial charge in [0.2, 0.25) is 0 Å². The fourth-order valence-electron chi connectivity index (χ4n) is 3.64. The highest BCUT2D eigenvalue weighted by Gasteiger charge is 2.34. The van der Waals surface area contributed by atoms with Crippen molar-refractivity contribution in [1.82, 2.24) is 4.90 Å². The molecule has 0 aliphatic carbocycles. The lowest BCUT2D eigenvalue weighted by atomic mass is 9.85. The smallest absolute Gasteiger partial charge is 0.416 e. The summed E-state index contributed by atoms with van der Waals surface area (Å²) in [6.45, 7) is 5.00. The molecule has 0 aromatic heterocycles. The molecule has 190 valence electrons. The van der Waals surface area contributed by atoms with Crippen molar-refractivity contribution >= 4 is 5.97 Å². The van der Waals surface area contributed by atoms with E-state index in [0.717, 1.165) is 18.6 Å². The monoisotopic (exact) mass is 485 g/mol.